The minimum atomic E-state index is 0.188. The fourth-order valence-electron chi connectivity index (χ4n) is 2.21. The normalized spacial score (nSPS) is 10.7. The minimum absolute atomic E-state index is 0.188. The van der Waals surface area contributed by atoms with Gasteiger partial charge in [0.15, 0.2) is 5.78 Å². The molecule has 0 aromatic heterocycles. The number of hydrogen-bond donors (Lipinski definition) is 0. The first-order valence-corrected chi connectivity index (χ1v) is 8.44. The number of thioether (sulfide) groups is 1. The predicted octanol–water partition coefficient (Wildman–Crippen LogP) is 5.38. The van der Waals surface area contributed by atoms with Crippen LogP contribution in [-0.2, 0) is 5.75 Å². The number of benzene rings is 2. The van der Waals surface area contributed by atoms with Crippen molar-refractivity contribution in [3.05, 3.63) is 69.2 Å². The van der Waals surface area contributed by atoms with Gasteiger partial charge in [-0.25, -0.2) is 0 Å². The molecule has 0 heterocycles. The number of hydrogen-bond acceptors (Lipinski definition) is 2. The fourth-order valence-corrected chi connectivity index (χ4v) is 3.40. The molecule has 0 saturated heterocycles. The van der Waals surface area contributed by atoms with E-state index in [1.165, 1.54) is 11.1 Å². The third kappa shape index (κ3) is 4.12. The summed E-state index contributed by atoms with van der Waals surface area (Å²) >= 11 is 7.73. The quantitative estimate of drug-likeness (QED) is 0.688. The Balaban J connectivity index is 2.00. The summed E-state index contributed by atoms with van der Waals surface area (Å²) in [6, 6.07) is 11.9. The maximum atomic E-state index is 12.4. The molecule has 3 heteroatoms. The van der Waals surface area contributed by atoms with Gasteiger partial charge in [0.05, 0.1) is 5.75 Å². The lowest BCUT2D eigenvalue weighted by atomic mass is 9.99. The third-order valence-electron chi connectivity index (χ3n) is 3.59. The van der Waals surface area contributed by atoms with Crippen molar-refractivity contribution in [1.29, 1.82) is 0 Å². The van der Waals surface area contributed by atoms with Crippen molar-refractivity contribution < 1.29 is 4.79 Å². The number of halogens is 1. The van der Waals surface area contributed by atoms with Crippen LogP contribution in [0, 0.1) is 20.8 Å². The van der Waals surface area contributed by atoms with Gasteiger partial charge in [-0.15, -0.1) is 11.8 Å². The summed E-state index contributed by atoms with van der Waals surface area (Å²) in [4.78, 5) is 12.4. The molecule has 21 heavy (non-hydrogen) atoms. The van der Waals surface area contributed by atoms with Crippen LogP contribution in [0.1, 0.15) is 32.6 Å². The average Bonchev–Trinajstić information content (AvgIpc) is 2.44. The van der Waals surface area contributed by atoms with Gasteiger partial charge in [-0.05, 0) is 55.2 Å². The van der Waals surface area contributed by atoms with Crippen LogP contribution in [-0.4, -0.2) is 11.5 Å². The maximum absolute atomic E-state index is 12.4. The summed E-state index contributed by atoms with van der Waals surface area (Å²) in [5.41, 5.74) is 5.37. The van der Waals surface area contributed by atoms with Gasteiger partial charge >= 0.3 is 0 Å². The molecule has 2 aromatic rings. The van der Waals surface area contributed by atoms with E-state index in [9.17, 15) is 4.79 Å². The molecule has 0 saturated carbocycles. The Kier molecular flexibility index (Phi) is 5.49. The monoisotopic (exact) mass is 318 g/mol. The fraction of sp³-hybridized carbons (Fsp3) is 0.278. The van der Waals surface area contributed by atoms with E-state index in [0.29, 0.717) is 5.75 Å². The highest BCUT2D eigenvalue weighted by atomic mass is 35.5. The van der Waals surface area contributed by atoms with E-state index in [1.54, 1.807) is 11.8 Å². The summed E-state index contributed by atoms with van der Waals surface area (Å²) in [5, 5.41) is 0.764. The molecule has 0 unspecified atom stereocenters. The Morgan fingerprint density at radius 3 is 2.43 bits per heavy atom. The highest BCUT2D eigenvalue weighted by Crippen LogP contribution is 2.22. The summed E-state index contributed by atoms with van der Waals surface area (Å²) in [6.45, 7) is 6.11. The van der Waals surface area contributed by atoms with Crippen LogP contribution in [0.5, 0.6) is 0 Å². The molecule has 0 bridgehead atoms. The van der Waals surface area contributed by atoms with E-state index in [-0.39, 0.29) is 5.78 Å². The second-order valence-electron chi connectivity index (χ2n) is 5.26. The Morgan fingerprint density at radius 1 is 1.05 bits per heavy atom. The second kappa shape index (κ2) is 7.15. The predicted molar refractivity (Wildman–Crippen MR) is 92.6 cm³/mol. The molecule has 0 amide bonds. The van der Waals surface area contributed by atoms with Crippen LogP contribution in [0.4, 0.5) is 0 Å². The maximum Gasteiger partial charge on any atom is 0.173 e. The molecule has 1 nitrogen and oxygen atoms in total. The molecule has 0 aliphatic rings. The third-order valence-corrected chi connectivity index (χ3v) is 4.94. The van der Waals surface area contributed by atoms with Gasteiger partial charge in [0.25, 0.3) is 0 Å². The Bertz CT molecular complexity index is 664. The molecule has 0 fully saturated rings. The highest BCUT2D eigenvalue weighted by Gasteiger charge is 2.11. The largest absolute Gasteiger partial charge is 0.293 e. The van der Waals surface area contributed by atoms with Gasteiger partial charge < -0.3 is 0 Å². The number of carbonyl (C=O) groups excluding carboxylic acids is 1. The lowest BCUT2D eigenvalue weighted by Gasteiger charge is -2.09. The first-order chi connectivity index (χ1) is 9.99. The SMILES string of the molecule is Cc1cc(C)c(C(=O)CSCc2ccccc2Cl)cc1C. The number of Topliss-reactive ketones (excluding diaryl/α,β-unsaturated/α-hetero) is 1. The van der Waals surface area contributed by atoms with Crippen LogP contribution in [0.2, 0.25) is 5.02 Å². The standard InChI is InChI=1S/C18H19ClOS/c1-12-8-14(3)16(9-13(12)2)18(20)11-21-10-15-6-4-5-7-17(15)19/h4-9H,10-11H2,1-3H3. The zero-order valence-corrected chi connectivity index (χ0v) is 14.1. The molecule has 0 aliphatic carbocycles. The molecule has 2 rings (SSSR count). The molecule has 0 N–H and O–H groups in total. The van der Waals surface area contributed by atoms with Gasteiger partial charge in [0.1, 0.15) is 0 Å². The van der Waals surface area contributed by atoms with Gasteiger partial charge in [-0.2, -0.15) is 0 Å². The number of rotatable bonds is 5. The van der Waals surface area contributed by atoms with E-state index >= 15 is 0 Å². The molecule has 0 aliphatic heterocycles. The molecule has 0 atom stereocenters. The van der Waals surface area contributed by atoms with Crippen LogP contribution < -0.4 is 0 Å². The minimum Gasteiger partial charge on any atom is -0.293 e. The lowest BCUT2D eigenvalue weighted by molar-refractivity contribution is 0.102. The van der Waals surface area contributed by atoms with Gasteiger partial charge in [-0.1, -0.05) is 35.9 Å². The summed E-state index contributed by atoms with van der Waals surface area (Å²) < 4.78 is 0. The smallest absolute Gasteiger partial charge is 0.173 e. The first kappa shape index (κ1) is 16.1. The van der Waals surface area contributed by atoms with Crippen molar-refractivity contribution in [2.75, 3.05) is 5.75 Å². The Labute approximate surface area is 135 Å². The molecule has 110 valence electrons. The Hall–Kier alpha value is -1.25. The zero-order valence-electron chi connectivity index (χ0n) is 12.6. The van der Waals surface area contributed by atoms with Crippen molar-refractivity contribution in [2.45, 2.75) is 26.5 Å². The Morgan fingerprint density at radius 2 is 1.71 bits per heavy atom. The van der Waals surface area contributed by atoms with Gasteiger partial charge in [-0.3, -0.25) is 4.79 Å². The van der Waals surface area contributed by atoms with Gasteiger partial charge in [0, 0.05) is 16.3 Å². The topological polar surface area (TPSA) is 17.1 Å². The van der Waals surface area contributed by atoms with E-state index in [0.717, 1.165) is 27.5 Å². The van der Waals surface area contributed by atoms with E-state index in [4.69, 9.17) is 11.6 Å². The summed E-state index contributed by atoms with van der Waals surface area (Å²) in [7, 11) is 0. The number of aryl methyl sites for hydroxylation is 3. The van der Waals surface area contributed by atoms with Crippen LogP contribution in [0.3, 0.4) is 0 Å². The van der Waals surface area contributed by atoms with Crippen molar-refractivity contribution in [1.82, 2.24) is 0 Å². The van der Waals surface area contributed by atoms with E-state index < -0.39 is 0 Å². The van der Waals surface area contributed by atoms with Crippen molar-refractivity contribution in [3.8, 4) is 0 Å². The van der Waals surface area contributed by atoms with Crippen LogP contribution in [0.15, 0.2) is 36.4 Å². The molecular formula is C18H19ClOS. The number of carbonyl (C=O) groups is 1. The molecule has 0 spiro atoms. The molecular weight excluding hydrogens is 300 g/mol. The average molecular weight is 319 g/mol. The lowest BCUT2D eigenvalue weighted by Crippen LogP contribution is -2.06. The molecule has 0 radical (unpaired) electrons. The van der Waals surface area contributed by atoms with E-state index in [2.05, 4.69) is 13.0 Å². The first-order valence-electron chi connectivity index (χ1n) is 6.91. The van der Waals surface area contributed by atoms with E-state index in [1.807, 2.05) is 44.2 Å². The second-order valence-corrected chi connectivity index (χ2v) is 6.65. The van der Waals surface area contributed by atoms with Crippen molar-refractivity contribution >= 4 is 29.1 Å². The molecule has 2 aromatic carbocycles. The van der Waals surface area contributed by atoms with Crippen LogP contribution in [0.25, 0.3) is 0 Å². The van der Waals surface area contributed by atoms with Crippen LogP contribution >= 0.6 is 23.4 Å². The highest BCUT2D eigenvalue weighted by molar-refractivity contribution is 7.99. The van der Waals surface area contributed by atoms with Gasteiger partial charge in [0.2, 0.25) is 0 Å². The zero-order chi connectivity index (χ0) is 15.4. The summed E-state index contributed by atoms with van der Waals surface area (Å²) in [6.07, 6.45) is 0. The van der Waals surface area contributed by atoms with Crippen molar-refractivity contribution in [2.24, 2.45) is 0 Å². The summed E-state index contributed by atoms with van der Waals surface area (Å²) in [5.74, 6) is 1.43. The number of ketones is 1. The van der Waals surface area contributed by atoms with Crippen molar-refractivity contribution in [3.63, 3.8) is 0 Å².